The quantitative estimate of drug-likeness (QED) is 0.634. The Kier molecular flexibility index (Phi) is 9.57. The van der Waals surface area contributed by atoms with Gasteiger partial charge in [0.25, 0.3) is 0 Å². The minimum atomic E-state index is -0.531. The Balaban J connectivity index is 0.00000400. The van der Waals surface area contributed by atoms with Gasteiger partial charge in [-0.3, -0.25) is 9.59 Å². The first-order valence-corrected chi connectivity index (χ1v) is 7.28. The predicted molar refractivity (Wildman–Crippen MR) is 84.2 cm³/mol. The number of amides is 2. The molecule has 1 saturated carbocycles. The average molecular weight is 322 g/mol. The molecule has 124 valence electrons. The Bertz CT molecular complexity index is 339. The lowest BCUT2D eigenvalue weighted by molar-refractivity contribution is -0.132. The van der Waals surface area contributed by atoms with Crippen LogP contribution in [0.25, 0.3) is 0 Å². The highest BCUT2D eigenvalue weighted by atomic mass is 35.5. The molecule has 1 aliphatic rings. The summed E-state index contributed by atoms with van der Waals surface area (Å²) in [5.41, 5.74) is 5.72. The number of hydrogen-bond donors (Lipinski definition) is 3. The minimum Gasteiger partial charge on any atom is -0.375 e. The van der Waals surface area contributed by atoms with Crippen molar-refractivity contribution in [2.75, 3.05) is 20.3 Å². The highest BCUT2D eigenvalue weighted by Crippen LogP contribution is 2.24. The summed E-state index contributed by atoms with van der Waals surface area (Å²) in [5, 5.41) is 5.75. The second-order valence-electron chi connectivity index (χ2n) is 5.76. The fourth-order valence-electron chi connectivity index (χ4n) is 2.66. The van der Waals surface area contributed by atoms with Gasteiger partial charge in [-0.1, -0.05) is 20.3 Å². The highest BCUT2D eigenvalue weighted by molar-refractivity contribution is 5.88. The minimum absolute atomic E-state index is 0. The van der Waals surface area contributed by atoms with E-state index in [-0.39, 0.29) is 42.8 Å². The van der Waals surface area contributed by atoms with E-state index in [0.29, 0.717) is 12.5 Å². The first-order valence-electron chi connectivity index (χ1n) is 7.28. The van der Waals surface area contributed by atoms with Crippen molar-refractivity contribution >= 4 is 24.2 Å². The third-order valence-electron chi connectivity index (χ3n) is 3.83. The van der Waals surface area contributed by atoms with Gasteiger partial charge in [-0.2, -0.15) is 0 Å². The molecule has 6 nitrogen and oxygen atoms in total. The number of ether oxygens (including phenoxy) is 1. The lowest BCUT2D eigenvalue weighted by atomic mass is 10.0. The molecule has 0 spiro atoms. The first kappa shape index (κ1) is 20.1. The molecule has 2 amide bonds. The van der Waals surface area contributed by atoms with Crippen LogP contribution in [0.1, 0.15) is 33.1 Å². The summed E-state index contributed by atoms with van der Waals surface area (Å²) < 4.78 is 4.77. The molecule has 1 rings (SSSR count). The molecule has 21 heavy (non-hydrogen) atoms. The maximum absolute atomic E-state index is 12.3. The topological polar surface area (TPSA) is 93.4 Å². The van der Waals surface area contributed by atoms with Gasteiger partial charge in [-0.25, -0.2) is 0 Å². The van der Waals surface area contributed by atoms with Crippen molar-refractivity contribution in [3.05, 3.63) is 0 Å². The summed E-state index contributed by atoms with van der Waals surface area (Å²) in [6, 6.07) is -0.398. The van der Waals surface area contributed by atoms with Crippen LogP contribution in [0.5, 0.6) is 0 Å². The van der Waals surface area contributed by atoms with E-state index >= 15 is 0 Å². The van der Waals surface area contributed by atoms with Crippen molar-refractivity contribution < 1.29 is 14.3 Å². The zero-order valence-electron chi connectivity index (χ0n) is 13.1. The summed E-state index contributed by atoms with van der Waals surface area (Å²) in [7, 11) is 1.45. The van der Waals surface area contributed by atoms with Crippen LogP contribution in [0.4, 0.5) is 0 Å². The summed E-state index contributed by atoms with van der Waals surface area (Å²) >= 11 is 0. The molecule has 1 fully saturated rings. The number of rotatable bonds is 7. The molecule has 1 aliphatic carbocycles. The average Bonchev–Trinajstić information content (AvgIpc) is 2.83. The molecule has 0 bridgehead atoms. The highest BCUT2D eigenvalue weighted by Gasteiger charge is 2.31. The molecule has 2 unspecified atom stereocenters. The lowest BCUT2D eigenvalue weighted by Gasteiger charge is -2.26. The first-order chi connectivity index (χ1) is 9.49. The predicted octanol–water partition coefficient (Wildman–Crippen LogP) is 0.439. The van der Waals surface area contributed by atoms with Crippen LogP contribution in [0.15, 0.2) is 0 Å². The molecule has 0 aromatic carbocycles. The van der Waals surface area contributed by atoms with Crippen LogP contribution in [-0.2, 0) is 14.3 Å². The van der Waals surface area contributed by atoms with E-state index in [9.17, 15) is 9.59 Å². The monoisotopic (exact) mass is 321 g/mol. The van der Waals surface area contributed by atoms with Gasteiger partial charge >= 0.3 is 0 Å². The van der Waals surface area contributed by atoms with Crippen molar-refractivity contribution in [3.63, 3.8) is 0 Å². The normalized spacial score (nSPS) is 22.5. The molecule has 0 heterocycles. The molecule has 0 radical (unpaired) electrons. The van der Waals surface area contributed by atoms with Gasteiger partial charge in [-0.15, -0.1) is 12.4 Å². The fraction of sp³-hybridized carbons (Fsp3) is 0.857. The van der Waals surface area contributed by atoms with Gasteiger partial charge in [-0.05, 0) is 31.2 Å². The SMILES string of the molecule is COCC(=O)N[C@H](C(=O)NC1CCCC1CN)C(C)C.Cl. The zero-order valence-corrected chi connectivity index (χ0v) is 13.9. The number of hydrogen-bond acceptors (Lipinski definition) is 4. The Morgan fingerprint density at radius 3 is 2.52 bits per heavy atom. The molecule has 0 aliphatic heterocycles. The van der Waals surface area contributed by atoms with Gasteiger partial charge in [0.05, 0.1) is 0 Å². The van der Waals surface area contributed by atoms with Gasteiger partial charge < -0.3 is 21.1 Å². The largest absolute Gasteiger partial charge is 0.375 e. The molecule has 4 N–H and O–H groups in total. The molecule has 0 aromatic heterocycles. The number of nitrogens with two attached hydrogens (primary N) is 1. The maximum Gasteiger partial charge on any atom is 0.246 e. The van der Waals surface area contributed by atoms with E-state index in [4.69, 9.17) is 10.5 Å². The summed E-state index contributed by atoms with van der Waals surface area (Å²) in [5.74, 6) is -0.0343. The molecular formula is C14H28ClN3O3. The van der Waals surface area contributed by atoms with Crippen LogP contribution < -0.4 is 16.4 Å². The van der Waals surface area contributed by atoms with E-state index < -0.39 is 6.04 Å². The number of nitrogens with one attached hydrogen (secondary N) is 2. The van der Waals surface area contributed by atoms with Gasteiger partial charge in [0.2, 0.25) is 11.8 Å². The Labute approximate surface area is 133 Å². The Hall–Kier alpha value is -0.850. The van der Waals surface area contributed by atoms with Gasteiger partial charge in [0.1, 0.15) is 12.6 Å². The van der Waals surface area contributed by atoms with E-state index in [1.165, 1.54) is 7.11 Å². The van der Waals surface area contributed by atoms with Crippen molar-refractivity contribution in [1.29, 1.82) is 0 Å². The maximum atomic E-state index is 12.3. The zero-order chi connectivity index (χ0) is 15.1. The smallest absolute Gasteiger partial charge is 0.246 e. The fourth-order valence-corrected chi connectivity index (χ4v) is 2.66. The van der Waals surface area contributed by atoms with Crippen LogP contribution >= 0.6 is 12.4 Å². The van der Waals surface area contributed by atoms with Gasteiger partial charge in [0, 0.05) is 13.2 Å². The Morgan fingerprint density at radius 2 is 2.00 bits per heavy atom. The van der Waals surface area contributed by atoms with E-state index in [2.05, 4.69) is 10.6 Å². The standard InChI is InChI=1S/C14H27N3O3.ClH/c1-9(2)13(17-12(18)8-20-3)14(19)16-11-6-4-5-10(11)7-15;/h9-11,13H,4-8,15H2,1-3H3,(H,16,19)(H,17,18);1H/t10?,11?,13-;/m0./s1. The molecule has 3 atom stereocenters. The number of carbonyl (C=O) groups is 2. The van der Waals surface area contributed by atoms with Crippen LogP contribution in [-0.4, -0.2) is 44.2 Å². The molecule has 7 heteroatoms. The van der Waals surface area contributed by atoms with E-state index in [0.717, 1.165) is 19.3 Å². The van der Waals surface area contributed by atoms with Crippen molar-refractivity contribution in [2.45, 2.75) is 45.2 Å². The van der Waals surface area contributed by atoms with Crippen molar-refractivity contribution in [3.8, 4) is 0 Å². The van der Waals surface area contributed by atoms with E-state index in [1.807, 2.05) is 13.8 Å². The Morgan fingerprint density at radius 1 is 1.33 bits per heavy atom. The number of methoxy groups -OCH3 is 1. The summed E-state index contributed by atoms with van der Waals surface area (Å²) in [6.45, 7) is 4.37. The molecule has 0 saturated heterocycles. The van der Waals surface area contributed by atoms with Crippen LogP contribution in [0.3, 0.4) is 0 Å². The van der Waals surface area contributed by atoms with Crippen molar-refractivity contribution in [1.82, 2.24) is 10.6 Å². The second kappa shape index (κ2) is 9.97. The summed E-state index contributed by atoms with van der Waals surface area (Å²) in [6.07, 6.45) is 3.11. The number of carbonyl (C=O) groups excluding carboxylic acids is 2. The second-order valence-corrected chi connectivity index (χ2v) is 5.76. The van der Waals surface area contributed by atoms with Crippen molar-refractivity contribution in [2.24, 2.45) is 17.6 Å². The van der Waals surface area contributed by atoms with Crippen LogP contribution in [0, 0.1) is 11.8 Å². The van der Waals surface area contributed by atoms with Crippen LogP contribution in [0.2, 0.25) is 0 Å². The van der Waals surface area contributed by atoms with E-state index in [1.54, 1.807) is 0 Å². The third kappa shape index (κ3) is 6.20. The number of halogens is 1. The lowest BCUT2D eigenvalue weighted by Crippen LogP contribution is -2.53. The summed E-state index contributed by atoms with van der Waals surface area (Å²) in [4.78, 5) is 23.9. The molecule has 0 aromatic rings. The van der Waals surface area contributed by atoms with Gasteiger partial charge in [0.15, 0.2) is 0 Å². The molecular weight excluding hydrogens is 294 g/mol. The third-order valence-corrected chi connectivity index (χ3v) is 3.83.